The molecule has 0 saturated heterocycles. The van der Waals surface area contributed by atoms with Crippen LogP contribution in [0, 0.1) is 0 Å². The van der Waals surface area contributed by atoms with E-state index in [4.69, 9.17) is 11.6 Å². The van der Waals surface area contributed by atoms with Crippen LogP contribution < -0.4 is 0 Å². The summed E-state index contributed by atoms with van der Waals surface area (Å²) in [6, 6.07) is 20.4. The summed E-state index contributed by atoms with van der Waals surface area (Å²) in [6.07, 6.45) is 3.78. The molecule has 2 aromatic heterocycles. The Morgan fingerprint density at radius 3 is 2.45 bits per heavy atom. The van der Waals surface area contributed by atoms with Crippen molar-refractivity contribution < 1.29 is 0 Å². The molecule has 2 heterocycles. The van der Waals surface area contributed by atoms with Gasteiger partial charge in [0.05, 0.1) is 11.2 Å². The lowest BCUT2D eigenvalue weighted by molar-refractivity contribution is 1.12. The van der Waals surface area contributed by atoms with Crippen LogP contribution in [0.2, 0.25) is 5.28 Å². The molecule has 0 aliphatic rings. The first-order valence-electron chi connectivity index (χ1n) is 6.97. The van der Waals surface area contributed by atoms with Crippen molar-refractivity contribution in [1.82, 2.24) is 14.5 Å². The maximum Gasteiger partial charge on any atom is 0.222 e. The number of rotatable bonds is 2. The molecule has 2 aromatic carbocycles. The van der Waals surface area contributed by atoms with E-state index in [1.54, 1.807) is 6.20 Å². The van der Waals surface area contributed by atoms with Crippen molar-refractivity contribution in [1.29, 1.82) is 0 Å². The maximum atomic E-state index is 5.94. The Morgan fingerprint density at radius 1 is 0.864 bits per heavy atom. The highest BCUT2D eigenvalue weighted by Crippen LogP contribution is 2.31. The highest BCUT2D eigenvalue weighted by atomic mass is 35.5. The molecule has 0 atom stereocenters. The van der Waals surface area contributed by atoms with Crippen LogP contribution in [0.15, 0.2) is 73.1 Å². The second-order valence-corrected chi connectivity index (χ2v) is 5.31. The van der Waals surface area contributed by atoms with Crippen LogP contribution in [0.3, 0.4) is 0 Å². The van der Waals surface area contributed by atoms with Gasteiger partial charge in [-0.2, -0.15) is 0 Å². The van der Waals surface area contributed by atoms with Crippen LogP contribution in [-0.4, -0.2) is 14.5 Å². The van der Waals surface area contributed by atoms with Gasteiger partial charge in [0.1, 0.15) is 0 Å². The zero-order valence-electron chi connectivity index (χ0n) is 11.6. The monoisotopic (exact) mass is 305 g/mol. The van der Waals surface area contributed by atoms with Crippen LogP contribution in [0.5, 0.6) is 0 Å². The van der Waals surface area contributed by atoms with Crippen LogP contribution in [-0.2, 0) is 0 Å². The fourth-order valence-corrected chi connectivity index (χ4v) is 2.82. The number of benzene rings is 2. The normalized spacial score (nSPS) is 11.0. The van der Waals surface area contributed by atoms with Gasteiger partial charge in [0.2, 0.25) is 5.28 Å². The molecule has 0 amide bonds. The average Bonchev–Trinajstić information content (AvgIpc) is 2.95. The summed E-state index contributed by atoms with van der Waals surface area (Å²) >= 11 is 5.94. The quantitative estimate of drug-likeness (QED) is 0.501. The van der Waals surface area contributed by atoms with Crippen molar-refractivity contribution in [2.24, 2.45) is 0 Å². The molecule has 4 rings (SSSR count). The van der Waals surface area contributed by atoms with Crippen molar-refractivity contribution >= 4 is 22.5 Å². The molecule has 0 aliphatic heterocycles. The summed E-state index contributed by atoms with van der Waals surface area (Å²) in [5.41, 5.74) is 4.12. The van der Waals surface area contributed by atoms with E-state index in [1.165, 1.54) is 0 Å². The lowest BCUT2D eigenvalue weighted by Gasteiger charge is -2.04. The molecular weight excluding hydrogens is 294 g/mol. The van der Waals surface area contributed by atoms with E-state index < -0.39 is 0 Å². The fraction of sp³-hybridized carbons (Fsp3) is 0. The standard InChI is InChI=1S/C18H12ClN3/c19-18-20-11-10-16(21-18)15-12-22(13-6-2-1-3-7-13)17-9-5-4-8-14(15)17/h1-12H. The molecule has 106 valence electrons. The average molecular weight is 306 g/mol. The molecule has 0 unspecified atom stereocenters. The molecule has 0 aliphatic carbocycles. The van der Waals surface area contributed by atoms with Gasteiger partial charge >= 0.3 is 0 Å². The second-order valence-electron chi connectivity index (χ2n) is 4.98. The minimum absolute atomic E-state index is 0.258. The van der Waals surface area contributed by atoms with Gasteiger partial charge in [-0.05, 0) is 35.9 Å². The van der Waals surface area contributed by atoms with Crippen LogP contribution >= 0.6 is 11.6 Å². The molecule has 0 N–H and O–H groups in total. The Balaban J connectivity index is 2.01. The maximum absolute atomic E-state index is 5.94. The Morgan fingerprint density at radius 2 is 1.64 bits per heavy atom. The number of hydrogen-bond donors (Lipinski definition) is 0. The molecule has 22 heavy (non-hydrogen) atoms. The smallest absolute Gasteiger partial charge is 0.222 e. The van der Waals surface area contributed by atoms with E-state index >= 15 is 0 Å². The van der Waals surface area contributed by atoms with Crippen molar-refractivity contribution in [2.45, 2.75) is 0 Å². The van der Waals surface area contributed by atoms with Crippen LogP contribution in [0.4, 0.5) is 0 Å². The molecule has 0 saturated carbocycles. The van der Waals surface area contributed by atoms with E-state index in [2.05, 4.69) is 45.0 Å². The summed E-state index contributed by atoms with van der Waals surface area (Å²) < 4.78 is 2.17. The van der Waals surface area contributed by atoms with E-state index in [1.807, 2.05) is 36.4 Å². The lowest BCUT2D eigenvalue weighted by Crippen LogP contribution is -1.90. The van der Waals surface area contributed by atoms with Crippen molar-refractivity contribution in [3.63, 3.8) is 0 Å². The predicted molar refractivity (Wildman–Crippen MR) is 89.3 cm³/mol. The Hall–Kier alpha value is -2.65. The molecule has 4 aromatic rings. The minimum Gasteiger partial charge on any atom is -0.316 e. The number of nitrogens with zero attached hydrogens (tertiary/aromatic N) is 3. The van der Waals surface area contributed by atoms with E-state index in [-0.39, 0.29) is 5.28 Å². The summed E-state index contributed by atoms with van der Waals surface area (Å²) in [4.78, 5) is 8.30. The van der Waals surface area contributed by atoms with Crippen molar-refractivity contribution in [3.05, 3.63) is 78.3 Å². The molecule has 4 heteroatoms. The van der Waals surface area contributed by atoms with Gasteiger partial charge in [0, 0.05) is 29.0 Å². The number of halogens is 1. The Kier molecular flexibility index (Phi) is 3.13. The number of para-hydroxylation sites is 2. The van der Waals surface area contributed by atoms with Gasteiger partial charge in [-0.25, -0.2) is 9.97 Å². The number of aromatic nitrogens is 3. The summed E-state index contributed by atoms with van der Waals surface area (Å²) in [5, 5.41) is 1.40. The minimum atomic E-state index is 0.258. The Labute approximate surface area is 132 Å². The van der Waals surface area contributed by atoms with Crippen LogP contribution in [0.25, 0.3) is 27.8 Å². The first-order valence-corrected chi connectivity index (χ1v) is 7.35. The van der Waals surface area contributed by atoms with Gasteiger partial charge in [0.25, 0.3) is 0 Å². The zero-order valence-corrected chi connectivity index (χ0v) is 12.4. The van der Waals surface area contributed by atoms with Gasteiger partial charge in [0.15, 0.2) is 0 Å². The van der Waals surface area contributed by atoms with Gasteiger partial charge in [-0.3, -0.25) is 0 Å². The van der Waals surface area contributed by atoms with Crippen molar-refractivity contribution in [3.8, 4) is 16.9 Å². The van der Waals surface area contributed by atoms with E-state index in [0.717, 1.165) is 27.8 Å². The molecule has 0 spiro atoms. The first-order chi connectivity index (χ1) is 10.8. The zero-order chi connectivity index (χ0) is 14.9. The third-order valence-electron chi connectivity index (χ3n) is 3.65. The van der Waals surface area contributed by atoms with Crippen molar-refractivity contribution in [2.75, 3.05) is 0 Å². The van der Waals surface area contributed by atoms with Gasteiger partial charge < -0.3 is 4.57 Å². The summed E-state index contributed by atoms with van der Waals surface area (Å²) in [5.74, 6) is 0. The topological polar surface area (TPSA) is 30.7 Å². The third kappa shape index (κ3) is 2.16. The van der Waals surface area contributed by atoms with Crippen LogP contribution in [0.1, 0.15) is 0 Å². The fourth-order valence-electron chi connectivity index (χ4n) is 2.67. The number of hydrogen-bond acceptors (Lipinski definition) is 2. The molecule has 0 radical (unpaired) electrons. The molecule has 0 fully saturated rings. The van der Waals surface area contributed by atoms with E-state index in [0.29, 0.717) is 0 Å². The molecule has 3 nitrogen and oxygen atoms in total. The molecule has 0 bridgehead atoms. The second kappa shape index (κ2) is 5.28. The first kappa shape index (κ1) is 13.0. The lowest BCUT2D eigenvalue weighted by atomic mass is 10.1. The highest BCUT2D eigenvalue weighted by Gasteiger charge is 2.12. The SMILES string of the molecule is Clc1nccc(-c2cn(-c3ccccc3)c3ccccc23)n1. The summed E-state index contributed by atoms with van der Waals surface area (Å²) in [7, 11) is 0. The predicted octanol–water partition coefficient (Wildman–Crippen LogP) is 4.74. The largest absolute Gasteiger partial charge is 0.316 e. The number of fused-ring (bicyclic) bond motifs is 1. The van der Waals surface area contributed by atoms with Gasteiger partial charge in [-0.1, -0.05) is 36.4 Å². The van der Waals surface area contributed by atoms with Gasteiger partial charge in [-0.15, -0.1) is 0 Å². The summed E-state index contributed by atoms with van der Waals surface area (Å²) in [6.45, 7) is 0. The third-order valence-corrected chi connectivity index (χ3v) is 3.83. The highest BCUT2D eigenvalue weighted by molar-refractivity contribution is 6.28. The van der Waals surface area contributed by atoms with E-state index in [9.17, 15) is 0 Å². The Bertz CT molecular complexity index is 945. The molecular formula is C18H12ClN3.